The number of carboxylic acid groups (broad SMARTS) is 1. The predicted octanol–water partition coefficient (Wildman–Crippen LogP) is 3.34. The SMILES string of the molecule is Cc1nccn2c1c(Br)nc2[C@H]1CC[C@H](CNC(=O)O)CC1. The summed E-state index contributed by atoms with van der Waals surface area (Å²) in [5.41, 5.74) is 2.00. The minimum Gasteiger partial charge on any atom is -0.465 e. The summed E-state index contributed by atoms with van der Waals surface area (Å²) < 4.78 is 2.98. The highest BCUT2D eigenvalue weighted by Gasteiger charge is 2.26. The van der Waals surface area contributed by atoms with Gasteiger partial charge < -0.3 is 10.4 Å². The van der Waals surface area contributed by atoms with E-state index in [0.29, 0.717) is 18.4 Å². The fourth-order valence-electron chi connectivity index (χ4n) is 3.31. The number of hydrogen-bond donors (Lipinski definition) is 2. The van der Waals surface area contributed by atoms with Crippen molar-refractivity contribution in [2.45, 2.75) is 38.5 Å². The van der Waals surface area contributed by atoms with Crippen molar-refractivity contribution in [3.8, 4) is 0 Å². The van der Waals surface area contributed by atoms with Crippen LogP contribution in [-0.4, -0.2) is 32.1 Å². The lowest BCUT2D eigenvalue weighted by Gasteiger charge is -2.27. The van der Waals surface area contributed by atoms with Crippen molar-refractivity contribution >= 4 is 27.5 Å². The molecule has 2 heterocycles. The van der Waals surface area contributed by atoms with E-state index in [9.17, 15) is 4.79 Å². The van der Waals surface area contributed by atoms with E-state index in [0.717, 1.165) is 47.3 Å². The van der Waals surface area contributed by atoms with E-state index < -0.39 is 6.09 Å². The summed E-state index contributed by atoms with van der Waals surface area (Å²) >= 11 is 3.54. The molecule has 1 fully saturated rings. The molecular formula is C15H19BrN4O2. The average Bonchev–Trinajstić information content (AvgIpc) is 2.84. The molecule has 2 aromatic heterocycles. The molecule has 1 aliphatic carbocycles. The Kier molecular flexibility index (Phi) is 4.33. The first-order chi connectivity index (χ1) is 10.6. The number of halogens is 1. The summed E-state index contributed by atoms with van der Waals surface area (Å²) in [4.78, 5) is 19.6. The van der Waals surface area contributed by atoms with E-state index in [1.165, 1.54) is 0 Å². The van der Waals surface area contributed by atoms with Gasteiger partial charge in [-0.1, -0.05) is 0 Å². The maximum Gasteiger partial charge on any atom is 0.404 e. The van der Waals surface area contributed by atoms with Crippen LogP contribution in [0.1, 0.15) is 43.1 Å². The summed E-state index contributed by atoms with van der Waals surface area (Å²) in [6.07, 6.45) is 6.98. The van der Waals surface area contributed by atoms with Crippen LogP contribution < -0.4 is 5.32 Å². The molecule has 2 N–H and O–H groups in total. The second-order valence-corrected chi connectivity index (χ2v) is 6.65. The average molecular weight is 367 g/mol. The molecule has 1 saturated carbocycles. The van der Waals surface area contributed by atoms with Crippen LogP contribution in [0.2, 0.25) is 0 Å². The van der Waals surface area contributed by atoms with Gasteiger partial charge in [-0.3, -0.25) is 9.38 Å². The van der Waals surface area contributed by atoms with Crippen molar-refractivity contribution in [2.75, 3.05) is 6.54 Å². The molecule has 0 aliphatic heterocycles. The van der Waals surface area contributed by atoms with Gasteiger partial charge in [0.05, 0.1) is 5.69 Å². The number of aromatic nitrogens is 3. The zero-order valence-corrected chi connectivity index (χ0v) is 14.0. The van der Waals surface area contributed by atoms with Crippen molar-refractivity contribution in [2.24, 2.45) is 5.92 Å². The Morgan fingerprint density at radius 2 is 2.18 bits per heavy atom. The van der Waals surface area contributed by atoms with Gasteiger partial charge in [0.1, 0.15) is 15.9 Å². The van der Waals surface area contributed by atoms with Gasteiger partial charge in [-0.2, -0.15) is 0 Å². The van der Waals surface area contributed by atoms with Crippen LogP contribution in [0.3, 0.4) is 0 Å². The van der Waals surface area contributed by atoms with Crippen LogP contribution in [0.5, 0.6) is 0 Å². The predicted molar refractivity (Wildman–Crippen MR) is 86.2 cm³/mol. The molecule has 0 saturated heterocycles. The van der Waals surface area contributed by atoms with Crippen molar-refractivity contribution < 1.29 is 9.90 Å². The van der Waals surface area contributed by atoms with E-state index in [-0.39, 0.29) is 0 Å². The minimum atomic E-state index is -0.937. The van der Waals surface area contributed by atoms with Gasteiger partial charge in [-0.15, -0.1) is 0 Å². The quantitative estimate of drug-likeness (QED) is 0.872. The molecule has 3 rings (SSSR count). The highest BCUT2D eigenvalue weighted by atomic mass is 79.9. The zero-order chi connectivity index (χ0) is 15.7. The monoisotopic (exact) mass is 366 g/mol. The fraction of sp³-hybridized carbons (Fsp3) is 0.533. The Labute approximate surface area is 137 Å². The topological polar surface area (TPSA) is 79.5 Å². The number of fused-ring (bicyclic) bond motifs is 1. The van der Waals surface area contributed by atoms with Crippen LogP contribution in [-0.2, 0) is 0 Å². The zero-order valence-electron chi connectivity index (χ0n) is 12.4. The molecule has 1 aliphatic rings. The van der Waals surface area contributed by atoms with Crippen molar-refractivity contribution in [1.29, 1.82) is 0 Å². The number of nitrogens with one attached hydrogen (secondary N) is 1. The van der Waals surface area contributed by atoms with E-state index in [4.69, 9.17) is 10.1 Å². The summed E-state index contributed by atoms with van der Waals surface area (Å²) in [7, 11) is 0. The van der Waals surface area contributed by atoms with Gasteiger partial charge in [-0.25, -0.2) is 9.78 Å². The number of amides is 1. The number of imidazole rings is 1. The lowest BCUT2D eigenvalue weighted by molar-refractivity contribution is 0.189. The summed E-state index contributed by atoms with van der Waals surface area (Å²) in [6, 6.07) is 0. The lowest BCUT2D eigenvalue weighted by atomic mass is 9.81. The Bertz CT molecular complexity index is 692. The normalized spacial score (nSPS) is 21.9. The Morgan fingerprint density at radius 3 is 2.86 bits per heavy atom. The third-order valence-electron chi connectivity index (χ3n) is 4.48. The highest BCUT2D eigenvalue weighted by molar-refractivity contribution is 9.10. The molecule has 0 aromatic carbocycles. The smallest absolute Gasteiger partial charge is 0.404 e. The van der Waals surface area contributed by atoms with E-state index in [1.807, 2.05) is 19.3 Å². The fourth-order valence-corrected chi connectivity index (χ4v) is 3.97. The molecule has 0 bridgehead atoms. The highest BCUT2D eigenvalue weighted by Crippen LogP contribution is 2.36. The summed E-state index contributed by atoms with van der Waals surface area (Å²) in [5, 5.41) is 11.2. The van der Waals surface area contributed by atoms with E-state index in [2.05, 4.69) is 30.6 Å². The van der Waals surface area contributed by atoms with Crippen molar-refractivity contribution in [1.82, 2.24) is 19.7 Å². The molecule has 0 unspecified atom stereocenters. The van der Waals surface area contributed by atoms with Crippen molar-refractivity contribution in [3.63, 3.8) is 0 Å². The molecule has 0 radical (unpaired) electrons. The summed E-state index contributed by atoms with van der Waals surface area (Å²) in [5.74, 6) is 1.93. The van der Waals surface area contributed by atoms with Gasteiger partial charge in [0.2, 0.25) is 0 Å². The molecule has 6 nitrogen and oxygen atoms in total. The third kappa shape index (κ3) is 2.95. The van der Waals surface area contributed by atoms with Crippen LogP contribution in [0.4, 0.5) is 4.79 Å². The number of nitrogens with zero attached hydrogens (tertiary/aromatic N) is 3. The maximum atomic E-state index is 10.6. The molecular weight excluding hydrogens is 348 g/mol. The van der Waals surface area contributed by atoms with Gasteiger partial charge in [0.15, 0.2) is 0 Å². The van der Waals surface area contributed by atoms with E-state index in [1.54, 1.807) is 0 Å². The van der Waals surface area contributed by atoms with Crippen LogP contribution in [0, 0.1) is 12.8 Å². The van der Waals surface area contributed by atoms with Crippen LogP contribution in [0.25, 0.3) is 5.52 Å². The number of rotatable bonds is 3. The summed E-state index contributed by atoms with van der Waals surface area (Å²) in [6.45, 7) is 2.54. The molecule has 22 heavy (non-hydrogen) atoms. The first-order valence-corrected chi connectivity index (χ1v) is 8.31. The molecule has 0 spiro atoms. The van der Waals surface area contributed by atoms with Gasteiger partial charge in [0.25, 0.3) is 0 Å². The number of aryl methyl sites for hydroxylation is 1. The molecule has 118 valence electrons. The van der Waals surface area contributed by atoms with Gasteiger partial charge in [-0.05, 0) is 54.5 Å². The maximum absolute atomic E-state index is 10.6. The lowest BCUT2D eigenvalue weighted by Crippen LogP contribution is -2.30. The molecule has 1 amide bonds. The molecule has 0 atom stereocenters. The van der Waals surface area contributed by atoms with Crippen LogP contribution in [0.15, 0.2) is 17.0 Å². The Morgan fingerprint density at radius 1 is 1.45 bits per heavy atom. The van der Waals surface area contributed by atoms with Crippen LogP contribution >= 0.6 is 15.9 Å². The molecule has 7 heteroatoms. The van der Waals surface area contributed by atoms with Crippen molar-refractivity contribution in [3.05, 3.63) is 28.5 Å². The first-order valence-electron chi connectivity index (χ1n) is 7.52. The Balaban J connectivity index is 1.74. The first kappa shape index (κ1) is 15.3. The largest absolute Gasteiger partial charge is 0.465 e. The second kappa shape index (κ2) is 6.24. The second-order valence-electron chi connectivity index (χ2n) is 5.90. The number of hydrogen-bond acceptors (Lipinski definition) is 3. The Hall–Kier alpha value is -1.63. The number of carbonyl (C=O) groups is 1. The third-order valence-corrected chi connectivity index (χ3v) is 5.03. The van der Waals surface area contributed by atoms with Gasteiger partial charge in [0, 0.05) is 24.9 Å². The standard InChI is InChI=1S/C15H19BrN4O2/c1-9-12-13(16)19-14(20(12)7-6-17-9)11-4-2-10(3-5-11)8-18-15(21)22/h6-7,10-11,18H,2-5,8H2,1H3,(H,21,22)/t10-,11-. The minimum absolute atomic E-state index is 0.418. The van der Waals surface area contributed by atoms with E-state index >= 15 is 0 Å². The van der Waals surface area contributed by atoms with Gasteiger partial charge >= 0.3 is 6.09 Å². The molecule has 2 aromatic rings.